The summed E-state index contributed by atoms with van der Waals surface area (Å²) < 4.78 is 27.3. The molecule has 1 aromatic rings. The monoisotopic (exact) mass is 288 g/mol. The first kappa shape index (κ1) is 14.0. The highest BCUT2D eigenvalue weighted by molar-refractivity contribution is 7.89. The van der Waals surface area contributed by atoms with Crippen molar-refractivity contribution in [2.24, 2.45) is 5.92 Å². The van der Waals surface area contributed by atoms with E-state index in [2.05, 4.69) is 10.0 Å². The Bertz CT molecular complexity index is 504. The van der Waals surface area contributed by atoms with Crippen molar-refractivity contribution in [3.63, 3.8) is 0 Å². The molecule has 1 aliphatic carbocycles. The van der Waals surface area contributed by atoms with E-state index in [1.54, 1.807) is 0 Å². The van der Waals surface area contributed by atoms with Gasteiger partial charge in [-0.15, -0.1) is 11.3 Å². The summed E-state index contributed by atoms with van der Waals surface area (Å²) in [6.07, 6.45) is 2.30. The average molecular weight is 288 g/mol. The van der Waals surface area contributed by atoms with Gasteiger partial charge in [0, 0.05) is 18.0 Å². The van der Waals surface area contributed by atoms with Gasteiger partial charge in [0.2, 0.25) is 10.0 Å². The zero-order valence-electron chi connectivity index (χ0n) is 10.8. The summed E-state index contributed by atoms with van der Waals surface area (Å²) in [5.74, 6) is 0.552. The fourth-order valence-corrected chi connectivity index (χ4v) is 4.72. The zero-order chi connectivity index (χ0) is 13.2. The van der Waals surface area contributed by atoms with Crippen LogP contribution in [0, 0.1) is 12.8 Å². The third kappa shape index (κ3) is 3.32. The van der Waals surface area contributed by atoms with E-state index >= 15 is 0 Å². The smallest absolute Gasteiger partial charge is 0.241 e. The molecule has 6 heteroatoms. The minimum atomic E-state index is -3.34. The van der Waals surface area contributed by atoms with E-state index in [0.717, 1.165) is 29.8 Å². The van der Waals surface area contributed by atoms with Crippen LogP contribution in [0.15, 0.2) is 10.3 Å². The van der Waals surface area contributed by atoms with Gasteiger partial charge in [0.1, 0.15) is 4.90 Å². The predicted octanol–water partition coefficient (Wildman–Crippen LogP) is 1.85. The van der Waals surface area contributed by atoms with Gasteiger partial charge in [-0.2, -0.15) is 0 Å². The fraction of sp³-hybridized carbons (Fsp3) is 0.667. The number of rotatable bonds is 7. The van der Waals surface area contributed by atoms with Gasteiger partial charge < -0.3 is 5.32 Å². The molecule has 0 aliphatic heterocycles. The van der Waals surface area contributed by atoms with Gasteiger partial charge in [-0.25, -0.2) is 13.1 Å². The number of thiophene rings is 1. The van der Waals surface area contributed by atoms with Crippen LogP contribution in [0.1, 0.15) is 30.2 Å². The number of hydrogen-bond acceptors (Lipinski definition) is 4. The van der Waals surface area contributed by atoms with Crippen LogP contribution in [-0.4, -0.2) is 21.5 Å². The van der Waals surface area contributed by atoms with E-state index in [9.17, 15) is 8.42 Å². The Balaban J connectivity index is 2.15. The first-order chi connectivity index (χ1) is 8.54. The average Bonchev–Trinajstić information content (AvgIpc) is 3.07. The number of aryl methyl sites for hydroxylation is 1. The topological polar surface area (TPSA) is 58.2 Å². The quantitative estimate of drug-likeness (QED) is 0.805. The summed E-state index contributed by atoms with van der Waals surface area (Å²) in [6, 6.07) is 0. The molecule has 0 spiro atoms. The molecule has 102 valence electrons. The molecule has 0 atom stereocenters. The third-order valence-electron chi connectivity index (χ3n) is 3.05. The highest BCUT2D eigenvalue weighted by Crippen LogP contribution is 2.30. The number of hydrogen-bond donors (Lipinski definition) is 2. The van der Waals surface area contributed by atoms with E-state index < -0.39 is 10.0 Å². The Morgan fingerprint density at radius 1 is 1.44 bits per heavy atom. The van der Waals surface area contributed by atoms with Gasteiger partial charge in [0.05, 0.1) is 0 Å². The highest BCUT2D eigenvalue weighted by Gasteiger charge is 2.27. The first-order valence-corrected chi connectivity index (χ1v) is 8.68. The van der Waals surface area contributed by atoms with Crippen LogP contribution >= 0.6 is 11.3 Å². The maximum Gasteiger partial charge on any atom is 0.241 e. The van der Waals surface area contributed by atoms with Crippen molar-refractivity contribution >= 4 is 21.4 Å². The second-order valence-electron chi connectivity index (χ2n) is 4.75. The SMILES string of the molecule is CCNCc1scc(C)c1S(=O)(=O)NCC1CC1. The van der Waals surface area contributed by atoms with Crippen molar-refractivity contribution < 1.29 is 8.42 Å². The Labute approximate surface area is 113 Å². The minimum absolute atomic E-state index is 0.481. The van der Waals surface area contributed by atoms with Gasteiger partial charge in [-0.3, -0.25) is 0 Å². The van der Waals surface area contributed by atoms with Crippen LogP contribution in [0.3, 0.4) is 0 Å². The van der Waals surface area contributed by atoms with Crippen molar-refractivity contribution in [3.05, 3.63) is 15.8 Å². The largest absolute Gasteiger partial charge is 0.312 e. The Morgan fingerprint density at radius 3 is 2.78 bits per heavy atom. The van der Waals surface area contributed by atoms with Crippen LogP contribution in [-0.2, 0) is 16.6 Å². The van der Waals surface area contributed by atoms with Crippen LogP contribution < -0.4 is 10.0 Å². The lowest BCUT2D eigenvalue weighted by Crippen LogP contribution is -2.27. The molecule has 0 saturated heterocycles. The van der Waals surface area contributed by atoms with E-state index in [4.69, 9.17) is 0 Å². The molecule has 4 nitrogen and oxygen atoms in total. The van der Waals surface area contributed by atoms with Crippen LogP contribution in [0.2, 0.25) is 0 Å². The summed E-state index contributed by atoms with van der Waals surface area (Å²) in [5, 5.41) is 5.10. The van der Waals surface area contributed by atoms with Crippen molar-refractivity contribution in [1.29, 1.82) is 0 Å². The first-order valence-electron chi connectivity index (χ1n) is 6.32. The lowest BCUT2D eigenvalue weighted by atomic mass is 10.3. The van der Waals surface area contributed by atoms with E-state index in [-0.39, 0.29) is 0 Å². The third-order valence-corrected chi connectivity index (χ3v) is 5.94. The standard InChI is InChI=1S/C12H20N2O2S2/c1-3-13-7-11-12(9(2)8-17-11)18(15,16)14-6-10-4-5-10/h8,10,13-14H,3-7H2,1-2H3. The molecule has 2 N–H and O–H groups in total. The minimum Gasteiger partial charge on any atom is -0.312 e. The van der Waals surface area contributed by atoms with Crippen LogP contribution in [0.4, 0.5) is 0 Å². The van der Waals surface area contributed by atoms with E-state index in [1.807, 2.05) is 19.2 Å². The van der Waals surface area contributed by atoms with Gasteiger partial charge in [-0.05, 0) is 43.2 Å². The second kappa shape index (κ2) is 5.69. The predicted molar refractivity (Wildman–Crippen MR) is 74.3 cm³/mol. The van der Waals surface area contributed by atoms with Gasteiger partial charge in [0.15, 0.2) is 0 Å². The maximum atomic E-state index is 12.3. The van der Waals surface area contributed by atoms with E-state index in [0.29, 0.717) is 23.9 Å². The molecule has 2 rings (SSSR count). The van der Waals surface area contributed by atoms with Gasteiger partial charge >= 0.3 is 0 Å². The molecule has 18 heavy (non-hydrogen) atoms. The molecule has 0 radical (unpaired) electrons. The van der Waals surface area contributed by atoms with Crippen LogP contribution in [0.5, 0.6) is 0 Å². The van der Waals surface area contributed by atoms with Crippen molar-refractivity contribution in [2.75, 3.05) is 13.1 Å². The molecule has 0 bridgehead atoms. The molecule has 1 aromatic heterocycles. The van der Waals surface area contributed by atoms with Gasteiger partial charge in [0.25, 0.3) is 0 Å². The summed E-state index contributed by atoms with van der Waals surface area (Å²) in [7, 11) is -3.34. The Kier molecular flexibility index (Phi) is 4.42. The molecule has 0 aromatic carbocycles. The number of sulfonamides is 1. The van der Waals surface area contributed by atoms with Gasteiger partial charge in [-0.1, -0.05) is 6.92 Å². The summed E-state index contributed by atoms with van der Waals surface area (Å²) in [4.78, 5) is 1.38. The van der Waals surface area contributed by atoms with Crippen LogP contribution in [0.25, 0.3) is 0 Å². The molecule has 1 heterocycles. The van der Waals surface area contributed by atoms with E-state index in [1.165, 1.54) is 11.3 Å². The molecular formula is C12H20N2O2S2. The number of nitrogens with one attached hydrogen (secondary N) is 2. The zero-order valence-corrected chi connectivity index (χ0v) is 12.5. The Morgan fingerprint density at radius 2 is 2.17 bits per heavy atom. The second-order valence-corrected chi connectivity index (χ2v) is 7.41. The molecule has 1 saturated carbocycles. The molecule has 1 aliphatic rings. The fourth-order valence-electron chi connectivity index (χ4n) is 1.83. The maximum absolute atomic E-state index is 12.3. The summed E-state index contributed by atoms with van der Waals surface area (Å²) in [6.45, 7) is 5.91. The summed E-state index contributed by atoms with van der Waals surface area (Å²) >= 11 is 1.51. The lowest BCUT2D eigenvalue weighted by molar-refractivity contribution is 0.575. The molecule has 1 fully saturated rings. The van der Waals surface area contributed by atoms with Crippen molar-refractivity contribution in [1.82, 2.24) is 10.0 Å². The molecule has 0 amide bonds. The Hall–Kier alpha value is -0.430. The molecular weight excluding hydrogens is 268 g/mol. The summed E-state index contributed by atoms with van der Waals surface area (Å²) in [5.41, 5.74) is 0.844. The molecule has 0 unspecified atom stereocenters. The lowest BCUT2D eigenvalue weighted by Gasteiger charge is -2.09. The van der Waals surface area contributed by atoms with Crippen molar-refractivity contribution in [3.8, 4) is 0 Å². The van der Waals surface area contributed by atoms with Crippen molar-refractivity contribution in [2.45, 2.75) is 38.1 Å². The highest BCUT2D eigenvalue weighted by atomic mass is 32.2. The normalized spacial score (nSPS) is 16.1.